The van der Waals surface area contributed by atoms with E-state index in [0.29, 0.717) is 5.22 Å². The Balaban J connectivity index is 2.09. The molecule has 0 unspecified atom stereocenters. The smallest absolute Gasteiger partial charge is 0.136 e. The number of nitrogens with zero attached hydrogens (tertiary/aromatic N) is 4. The molecule has 0 bridgehead atoms. The first-order chi connectivity index (χ1) is 20.6. The molecule has 42 heavy (non-hydrogen) atoms. The normalized spacial score (nSPS) is 10.5. The van der Waals surface area contributed by atoms with Crippen molar-refractivity contribution >= 4 is 22.5 Å². The molecule has 0 spiro atoms. The minimum absolute atomic E-state index is 0.135. The Labute approximate surface area is 254 Å². The molecule has 3 aromatic rings. The van der Waals surface area contributed by atoms with Crippen molar-refractivity contribution in [2.24, 2.45) is 0 Å². The fourth-order valence-corrected chi connectivity index (χ4v) is 5.27. The van der Waals surface area contributed by atoms with Gasteiger partial charge in [0.05, 0.1) is 0 Å². The lowest BCUT2D eigenvalue weighted by molar-refractivity contribution is 0.678. The first-order valence-electron chi connectivity index (χ1n) is 16.0. The van der Waals surface area contributed by atoms with Gasteiger partial charge in [-0.1, -0.05) is 102 Å². The highest BCUT2D eigenvalue weighted by Crippen LogP contribution is 2.27. The molecule has 0 atom stereocenters. The molecule has 0 N–H and O–H groups in total. The van der Waals surface area contributed by atoms with Crippen LogP contribution in [0.25, 0.3) is 11.1 Å². The lowest BCUT2D eigenvalue weighted by Gasteiger charge is -2.25. The standard InChI is InChI=1S/C38H48N4/c1-5-9-25-41(26-10-6-2)36-21-17-33(18-22-36)38(32-15-13-31(14-16-32)35(29-39)30-40)34-19-23-37(24-20-34)42(27-11-7-3)28-12-8-4/h13-24H,5-12,25-28H2,1-4H3. The Kier molecular flexibility index (Phi) is 13.7. The van der Waals surface area contributed by atoms with E-state index in [1.54, 1.807) is 0 Å². The molecule has 0 aromatic heterocycles. The highest BCUT2D eigenvalue weighted by Gasteiger charge is 2.12. The van der Waals surface area contributed by atoms with Crippen LogP contribution in [0.2, 0.25) is 0 Å². The number of unbranched alkanes of at least 4 members (excludes halogenated alkanes) is 4. The number of hydrogen-bond donors (Lipinski definition) is 0. The first-order valence-corrected chi connectivity index (χ1v) is 16.0. The quantitative estimate of drug-likeness (QED) is 0.178. The summed E-state index contributed by atoms with van der Waals surface area (Å²) in [5, 5.41) is 20.4. The Bertz CT molecular complexity index is 1320. The molecular formula is C38H48N4. The Morgan fingerprint density at radius 3 is 1.14 bits per heavy atom. The maximum atomic E-state index is 9.35. The number of nitriles is 2. The number of hydrogen-bond acceptors (Lipinski definition) is 4. The third-order valence-electron chi connectivity index (χ3n) is 7.85. The molecule has 4 nitrogen and oxygen atoms in total. The van der Waals surface area contributed by atoms with Crippen molar-refractivity contribution in [3.8, 4) is 12.1 Å². The van der Waals surface area contributed by atoms with Crippen LogP contribution in [0.3, 0.4) is 0 Å². The fraction of sp³-hybridized carbons (Fsp3) is 0.421. The fourth-order valence-electron chi connectivity index (χ4n) is 5.27. The summed E-state index contributed by atoms with van der Waals surface area (Å²) in [6.07, 6.45) is 9.54. The van der Waals surface area contributed by atoms with E-state index in [4.69, 9.17) is 0 Å². The van der Waals surface area contributed by atoms with Gasteiger partial charge in [-0.25, -0.2) is 0 Å². The third-order valence-corrected chi connectivity index (χ3v) is 7.85. The molecule has 3 rings (SSSR count). The largest absolute Gasteiger partial charge is 0.372 e. The monoisotopic (exact) mass is 560 g/mol. The van der Waals surface area contributed by atoms with Gasteiger partial charge in [-0.15, -0.1) is 0 Å². The van der Waals surface area contributed by atoms with E-state index in [2.05, 4.69) is 86.0 Å². The predicted molar refractivity (Wildman–Crippen MR) is 179 cm³/mol. The summed E-state index contributed by atoms with van der Waals surface area (Å²) in [4.78, 5) is 5.03. The summed E-state index contributed by atoms with van der Waals surface area (Å²) in [5.41, 5.74) is 6.14. The molecule has 220 valence electrons. The van der Waals surface area contributed by atoms with E-state index in [9.17, 15) is 10.5 Å². The number of rotatable bonds is 16. The van der Waals surface area contributed by atoms with Crippen molar-refractivity contribution in [1.82, 2.24) is 0 Å². The second kappa shape index (κ2) is 17.7. The van der Waals surface area contributed by atoms with Crippen LogP contribution in [0.1, 0.15) is 90.2 Å². The second-order valence-electron chi connectivity index (χ2n) is 11.0. The van der Waals surface area contributed by atoms with Crippen LogP contribution < -0.4 is 20.2 Å². The topological polar surface area (TPSA) is 54.1 Å². The summed E-state index contributed by atoms with van der Waals surface area (Å²) in [5.74, 6) is 0. The van der Waals surface area contributed by atoms with Crippen LogP contribution in [0.15, 0.2) is 72.8 Å². The summed E-state index contributed by atoms with van der Waals surface area (Å²) >= 11 is 0. The first kappa shape index (κ1) is 32.5. The summed E-state index contributed by atoms with van der Waals surface area (Å²) < 4.78 is 0. The van der Waals surface area contributed by atoms with Gasteiger partial charge < -0.3 is 9.80 Å². The Morgan fingerprint density at radius 1 is 0.500 bits per heavy atom. The zero-order valence-corrected chi connectivity index (χ0v) is 26.2. The van der Waals surface area contributed by atoms with Crippen molar-refractivity contribution in [1.29, 1.82) is 10.5 Å². The van der Waals surface area contributed by atoms with Crippen LogP contribution in [-0.4, -0.2) is 26.2 Å². The van der Waals surface area contributed by atoms with Crippen molar-refractivity contribution in [3.05, 3.63) is 94.4 Å². The molecule has 0 saturated heterocycles. The van der Waals surface area contributed by atoms with Gasteiger partial charge in [0.2, 0.25) is 0 Å². The van der Waals surface area contributed by atoms with Crippen LogP contribution in [-0.2, 0) is 0 Å². The lowest BCUT2D eigenvalue weighted by atomic mass is 9.94. The average molecular weight is 561 g/mol. The summed E-state index contributed by atoms with van der Waals surface area (Å²) in [6, 6.07) is 29.9. The van der Waals surface area contributed by atoms with Crippen LogP contribution in [0.4, 0.5) is 11.4 Å². The summed E-state index contributed by atoms with van der Waals surface area (Å²) in [7, 11) is 0. The molecule has 0 aliphatic heterocycles. The average Bonchev–Trinajstić information content (AvgIpc) is 3.03. The molecule has 3 aromatic carbocycles. The van der Waals surface area contributed by atoms with Gasteiger partial charge in [-0.05, 0) is 71.9 Å². The molecular weight excluding hydrogens is 512 g/mol. The van der Waals surface area contributed by atoms with E-state index < -0.39 is 0 Å². The van der Waals surface area contributed by atoms with Gasteiger partial charge >= 0.3 is 0 Å². The second-order valence-corrected chi connectivity index (χ2v) is 11.0. The molecule has 0 fully saturated rings. The van der Waals surface area contributed by atoms with Crippen molar-refractivity contribution in [3.63, 3.8) is 0 Å². The molecule has 0 heterocycles. The van der Waals surface area contributed by atoms with Crippen molar-refractivity contribution in [2.75, 3.05) is 36.0 Å². The van der Waals surface area contributed by atoms with Gasteiger partial charge in [-0.3, -0.25) is 0 Å². The van der Waals surface area contributed by atoms with Crippen molar-refractivity contribution in [2.45, 2.75) is 79.1 Å². The minimum atomic E-state index is 0.135. The third kappa shape index (κ3) is 8.99. The van der Waals surface area contributed by atoms with E-state index in [0.717, 1.165) is 48.1 Å². The SMILES string of the molecule is CCCCN(CCCC)c1ccc(C(c2ccc(N(CCCC)CCCC)cc2)=c2ccc(=C(C#N)C#N)cc2)cc1. The van der Waals surface area contributed by atoms with Crippen LogP contribution in [0, 0.1) is 22.7 Å². The van der Waals surface area contributed by atoms with E-state index in [-0.39, 0.29) is 5.57 Å². The number of benzene rings is 3. The maximum Gasteiger partial charge on any atom is 0.136 e. The zero-order chi connectivity index (χ0) is 30.2. The van der Waals surface area contributed by atoms with E-state index in [1.165, 1.54) is 62.7 Å². The Hall–Kier alpha value is -4.02. The molecule has 4 heteroatoms. The minimum Gasteiger partial charge on any atom is -0.372 e. The van der Waals surface area contributed by atoms with Gasteiger partial charge in [0.15, 0.2) is 0 Å². The highest BCUT2D eigenvalue weighted by atomic mass is 15.1. The molecule has 0 radical (unpaired) electrons. The molecule has 0 saturated carbocycles. The van der Waals surface area contributed by atoms with E-state index >= 15 is 0 Å². The van der Waals surface area contributed by atoms with Crippen LogP contribution >= 0.6 is 0 Å². The Morgan fingerprint density at radius 2 is 0.833 bits per heavy atom. The number of anilines is 2. The maximum absolute atomic E-state index is 9.35. The van der Waals surface area contributed by atoms with Gasteiger partial charge in [0.25, 0.3) is 0 Å². The predicted octanol–water partition coefficient (Wildman–Crippen LogP) is 7.94. The highest BCUT2D eigenvalue weighted by molar-refractivity contribution is 5.81. The van der Waals surface area contributed by atoms with E-state index in [1.807, 2.05) is 36.4 Å². The molecule has 0 aliphatic rings. The molecule has 0 amide bonds. The van der Waals surface area contributed by atoms with Gasteiger partial charge in [-0.2, -0.15) is 10.5 Å². The van der Waals surface area contributed by atoms with Gasteiger partial charge in [0, 0.05) is 42.8 Å². The van der Waals surface area contributed by atoms with Crippen molar-refractivity contribution < 1.29 is 0 Å². The lowest BCUT2D eigenvalue weighted by Crippen LogP contribution is -2.25. The van der Waals surface area contributed by atoms with Crippen LogP contribution in [0.5, 0.6) is 0 Å². The molecule has 0 aliphatic carbocycles. The zero-order valence-electron chi connectivity index (χ0n) is 26.2. The summed E-state index contributed by atoms with van der Waals surface area (Å²) in [6.45, 7) is 13.3. The van der Waals surface area contributed by atoms with Gasteiger partial charge in [0.1, 0.15) is 17.7 Å².